The van der Waals surface area contributed by atoms with E-state index in [1.807, 2.05) is 75.4 Å². The van der Waals surface area contributed by atoms with Gasteiger partial charge >= 0.3 is 0 Å². The maximum Gasteiger partial charge on any atom is 0.273 e. The number of nitrogens with one attached hydrogen (secondary N) is 1. The predicted molar refractivity (Wildman–Crippen MR) is 144 cm³/mol. The number of nitriles is 1. The van der Waals surface area contributed by atoms with Crippen LogP contribution in [0.25, 0.3) is 17.3 Å². The summed E-state index contributed by atoms with van der Waals surface area (Å²) in [5, 5.41) is 12.9. The minimum atomic E-state index is -0.615. The van der Waals surface area contributed by atoms with Gasteiger partial charge in [-0.25, -0.2) is 0 Å². The summed E-state index contributed by atoms with van der Waals surface area (Å²) in [6.45, 7) is 6.15. The van der Waals surface area contributed by atoms with Crippen LogP contribution in [0.4, 0.5) is 5.69 Å². The molecule has 0 aliphatic rings. The molecule has 4 aromatic rings. The van der Waals surface area contributed by atoms with E-state index in [2.05, 4.69) is 5.32 Å². The molecule has 0 atom stereocenters. The van der Waals surface area contributed by atoms with E-state index in [1.54, 1.807) is 30.3 Å². The maximum absolute atomic E-state index is 13.6. The van der Waals surface area contributed by atoms with Gasteiger partial charge in [0.25, 0.3) is 11.5 Å². The number of amides is 1. The van der Waals surface area contributed by atoms with Crippen molar-refractivity contribution >= 4 is 34.6 Å². The molecule has 1 N–H and O–H groups in total. The fraction of sp³-hybridized carbons (Fsp3) is 0.138. The van der Waals surface area contributed by atoms with Gasteiger partial charge in [-0.05, 0) is 56.2 Å². The van der Waals surface area contributed by atoms with Crippen LogP contribution in [0.15, 0.2) is 77.6 Å². The normalized spacial score (nSPS) is 12.1. The zero-order valence-corrected chi connectivity index (χ0v) is 21.1. The van der Waals surface area contributed by atoms with Gasteiger partial charge in [0.1, 0.15) is 16.5 Å². The molecule has 1 heterocycles. The summed E-state index contributed by atoms with van der Waals surface area (Å²) in [6.07, 6.45) is 1.77. The number of hydrogen-bond donors (Lipinski definition) is 1. The first-order valence-corrected chi connectivity index (χ1v) is 12.3. The minimum Gasteiger partial charge on any atom is -0.492 e. The van der Waals surface area contributed by atoms with Crippen LogP contribution in [0, 0.1) is 25.2 Å². The van der Waals surface area contributed by atoms with E-state index in [4.69, 9.17) is 4.74 Å². The molecule has 0 saturated carbocycles. The van der Waals surface area contributed by atoms with Crippen LogP contribution in [0.2, 0.25) is 0 Å². The third-order valence-corrected chi connectivity index (χ3v) is 6.59. The summed E-state index contributed by atoms with van der Waals surface area (Å²) in [5.41, 5.74) is 3.39. The van der Waals surface area contributed by atoms with E-state index in [9.17, 15) is 14.9 Å². The largest absolute Gasteiger partial charge is 0.492 e. The van der Waals surface area contributed by atoms with Gasteiger partial charge in [-0.15, -0.1) is 11.3 Å². The van der Waals surface area contributed by atoms with Crippen LogP contribution >= 0.6 is 11.3 Å². The Hall–Kier alpha value is -4.41. The molecule has 0 aliphatic heterocycles. The first-order chi connectivity index (χ1) is 17.4. The molecule has 3 aromatic carbocycles. The van der Waals surface area contributed by atoms with Gasteiger partial charge in [0.05, 0.1) is 22.5 Å². The highest BCUT2D eigenvalue weighted by molar-refractivity contribution is 7.07. The van der Waals surface area contributed by atoms with E-state index >= 15 is 0 Å². The molecule has 180 valence electrons. The van der Waals surface area contributed by atoms with Gasteiger partial charge in [0.15, 0.2) is 5.57 Å². The van der Waals surface area contributed by atoms with Crippen molar-refractivity contribution in [2.75, 3.05) is 11.9 Å². The Morgan fingerprint density at radius 1 is 1.08 bits per heavy atom. The van der Waals surface area contributed by atoms with E-state index in [0.717, 1.165) is 28.0 Å². The molecular weight excluding hydrogens is 470 g/mol. The van der Waals surface area contributed by atoms with Crippen LogP contribution in [-0.4, -0.2) is 17.1 Å². The highest BCUT2D eigenvalue weighted by Crippen LogP contribution is 2.24. The molecule has 0 fully saturated rings. The maximum atomic E-state index is 13.6. The molecule has 4 rings (SSSR count). The Morgan fingerprint density at radius 3 is 2.50 bits per heavy atom. The number of benzene rings is 3. The second kappa shape index (κ2) is 10.9. The van der Waals surface area contributed by atoms with Crippen molar-refractivity contribution in [1.82, 2.24) is 4.57 Å². The smallest absolute Gasteiger partial charge is 0.273 e. The fourth-order valence-corrected chi connectivity index (χ4v) is 4.95. The van der Waals surface area contributed by atoms with Crippen LogP contribution < -0.4 is 24.8 Å². The van der Waals surface area contributed by atoms with Gasteiger partial charge in [0.2, 0.25) is 0 Å². The minimum absolute atomic E-state index is 0.156. The molecule has 1 aromatic heterocycles. The van der Waals surface area contributed by atoms with Crippen molar-refractivity contribution in [1.29, 1.82) is 5.26 Å². The lowest BCUT2D eigenvalue weighted by Gasteiger charge is -2.11. The Bertz CT molecular complexity index is 1640. The summed E-state index contributed by atoms with van der Waals surface area (Å²) >= 11 is 1.12. The standard InChI is InChI=1S/C29H25N3O3S/c1-4-35-25-13-9-8-12-23(25)31-27(33)22(18-30)29-32(24-15-14-19(2)16-20(24)3)28(34)26(36-29)17-21-10-6-5-7-11-21/h5-17H,4H2,1-3H3,(H,31,33)/b26-17-,29-22-. The summed E-state index contributed by atoms with van der Waals surface area (Å²) in [5.74, 6) is -0.114. The average Bonchev–Trinajstić information content (AvgIpc) is 3.17. The van der Waals surface area contributed by atoms with Crippen molar-refractivity contribution < 1.29 is 9.53 Å². The Kier molecular flexibility index (Phi) is 7.47. The van der Waals surface area contributed by atoms with Gasteiger partial charge in [0, 0.05) is 0 Å². The number of anilines is 1. The van der Waals surface area contributed by atoms with Gasteiger partial charge in [-0.2, -0.15) is 5.26 Å². The van der Waals surface area contributed by atoms with Crippen LogP contribution in [0.5, 0.6) is 5.75 Å². The van der Waals surface area contributed by atoms with Crippen molar-refractivity contribution in [2.45, 2.75) is 20.8 Å². The molecule has 1 amide bonds. The third kappa shape index (κ3) is 5.14. The molecule has 36 heavy (non-hydrogen) atoms. The first kappa shape index (κ1) is 24.7. The number of rotatable bonds is 6. The van der Waals surface area contributed by atoms with Crippen molar-refractivity contribution in [2.24, 2.45) is 0 Å². The molecule has 7 heteroatoms. The second-order valence-corrected chi connectivity index (χ2v) is 9.16. The molecule has 0 unspecified atom stereocenters. The van der Waals surface area contributed by atoms with E-state index in [0.29, 0.717) is 28.3 Å². The summed E-state index contributed by atoms with van der Waals surface area (Å²) in [7, 11) is 0. The van der Waals surface area contributed by atoms with Gasteiger partial charge in [-0.1, -0.05) is 60.2 Å². The third-order valence-electron chi connectivity index (χ3n) is 5.50. The Balaban J connectivity index is 1.97. The van der Waals surface area contributed by atoms with Crippen LogP contribution in [0.3, 0.4) is 0 Å². The number of aryl methyl sites for hydroxylation is 2. The number of carbonyl (C=O) groups excluding carboxylic acids is 1. The summed E-state index contributed by atoms with van der Waals surface area (Å²) < 4.78 is 7.75. The molecule has 6 nitrogen and oxygen atoms in total. The second-order valence-electron chi connectivity index (χ2n) is 8.13. The van der Waals surface area contributed by atoms with Crippen molar-refractivity contribution in [3.05, 3.63) is 109 Å². The molecule has 0 spiro atoms. The van der Waals surface area contributed by atoms with Gasteiger partial charge in [-0.3, -0.25) is 14.2 Å². The number of aromatic nitrogens is 1. The average molecular weight is 496 g/mol. The SMILES string of the molecule is CCOc1ccccc1NC(=O)/C(C#N)=c1\s/c(=C\c2ccccc2)c(=O)n1-c1ccc(C)cc1C. The predicted octanol–water partition coefficient (Wildman–Crippen LogP) is 4.06. The number of nitrogens with zero attached hydrogens (tertiary/aromatic N) is 2. The highest BCUT2D eigenvalue weighted by atomic mass is 32.1. The van der Waals surface area contributed by atoms with Crippen LogP contribution in [-0.2, 0) is 4.79 Å². The monoisotopic (exact) mass is 495 g/mol. The lowest BCUT2D eigenvalue weighted by Crippen LogP contribution is -2.32. The number of hydrogen-bond acceptors (Lipinski definition) is 5. The van der Waals surface area contributed by atoms with E-state index in [-0.39, 0.29) is 15.8 Å². The van der Waals surface area contributed by atoms with E-state index in [1.165, 1.54) is 4.57 Å². The Labute approximate surface area is 213 Å². The number of ether oxygens (including phenoxy) is 1. The summed E-state index contributed by atoms with van der Waals surface area (Å²) in [4.78, 5) is 27.0. The van der Waals surface area contributed by atoms with Crippen molar-refractivity contribution in [3.8, 4) is 17.5 Å². The Morgan fingerprint density at radius 2 is 1.81 bits per heavy atom. The molecule has 0 bridgehead atoms. The van der Waals surface area contributed by atoms with E-state index < -0.39 is 5.91 Å². The van der Waals surface area contributed by atoms with Gasteiger partial charge < -0.3 is 10.1 Å². The molecular formula is C29H25N3O3S. The lowest BCUT2D eigenvalue weighted by molar-refractivity contribution is -0.111. The summed E-state index contributed by atoms with van der Waals surface area (Å²) in [6, 6.07) is 24.2. The zero-order valence-electron chi connectivity index (χ0n) is 20.2. The number of carbonyl (C=O) groups is 1. The number of thiazole rings is 1. The lowest BCUT2D eigenvalue weighted by atomic mass is 10.1. The van der Waals surface area contributed by atoms with Crippen LogP contribution in [0.1, 0.15) is 23.6 Å². The first-order valence-electron chi connectivity index (χ1n) is 11.5. The molecule has 0 aliphatic carbocycles. The highest BCUT2D eigenvalue weighted by Gasteiger charge is 2.19. The van der Waals surface area contributed by atoms with Crippen molar-refractivity contribution in [3.63, 3.8) is 0 Å². The topological polar surface area (TPSA) is 84.1 Å². The number of para-hydroxylation sites is 2. The quantitative estimate of drug-likeness (QED) is 0.437. The molecule has 0 saturated heterocycles. The zero-order chi connectivity index (χ0) is 25.7. The fourth-order valence-electron chi connectivity index (χ4n) is 3.86. The molecule has 0 radical (unpaired) electrons.